The Morgan fingerprint density at radius 2 is 1.71 bits per heavy atom. The quantitative estimate of drug-likeness (QED) is 0.328. The summed E-state index contributed by atoms with van der Waals surface area (Å²) in [5.41, 5.74) is 1.18. The van der Waals surface area contributed by atoms with Gasteiger partial charge in [0.15, 0.2) is 5.96 Å². The van der Waals surface area contributed by atoms with Gasteiger partial charge in [0.1, 0.15) is 0 Å². The van der Waals surface area contributed by atoms with Crippen LogP contribution < -0.4 is 15.5 Å². The van der Waals surface area contributed by atoms with Crippen LogP contribution >= 0.6 is 39.9 Å². The van der Waals surface area contributed by atoms with Crippen molar-refractivity contribution in [2.75, 3.05) is 44.7 Å². The third kappa shape index (κ3) is 6.94. The number of rotatable bonds is 4. The third-order valence-electron chi connectivity index (χ3n) is 4.96. The smallest absolute Gasteiger partial charge is 0.369 e. The van der Waals surface area contributed by atoms with E-state index < -0.39 is 12.7 Å². The summed E-state index contributed by atoms with van der Waals surface area (Å²) in [6, 6.07) is 8.49. The van der Waals surface area contributed by atoms with Gasteiger partial charge in [-0.2, -0.15) is 13.2 Å². The molecule has 2 fully saturated rings. The second kappa shape index (κ2) is 10.3. The molecule has 2 atom stereocenters. The zero-order chi connectivity index (χ0) is 19.4. The summed E-state index contributed by atoms with van der Waals surface area (Å²) < 4.78 is 38.6. The Hall–Kier alpha value is -0.750. The van der Waals surface area contributed by atoms with Gasteiger partial charge in [0.2, 0.25) is 0 Å². The van der Waals surface area contributed by atoms with Crippen molar-refractivity contribution in [3.05, 3.63) is 28.7 Å². The average molecular weight is 576 g/mol. The summed E-state index contributed by atoms with van der Waals surface area (Å²) in [5, 5.41) is 6.69. The van der Waals surface area contributed by atoms with Crippen molar-refractivity contribution in [3.8, 4) is 0 Å². The predicted octanol–water partition coefficient (Wildman–Crippen LogP) is 3.45. The van der Waals surface area contributed by atoms with Crippen LogP contribution in [0.25, 0.3) is 0 Å². The van der Waals surface area contributed by atoms with Gasteiger partial charge < -0.3 is 15.5 Å². The van der Waals surface area contributed by atoms with Gasteiger partial charge in [-0.25, -0.2) is 0 Å². The predicted molar refractivity (Wildman–Crippen MR) is 121 cm³/mol. The lowest BCUT2D eigenvalue weighted by Gasteiger charge is -2.23. The van der Waals surface area contributed by atoms with E-state index in [1.807, 2.05) is 12.1 Å². The summed E-state index contributed by atoms with van der Waals surface area (Å²) in [7, 11) is 1.69. The number of nitrogens with one attached hydrogen (secondary N) is 2. The summed E-state index contributed by atoms with van der Waals surface area (Å²) in [5.74, 6) is 0.663. The van der Waals surface area contributed by atoms with Crippen LogP contribution in [0.15, 0.2) is 33.7 Å². The van der Waals surface area contributed by atoms with Gasteiger partial charge in [-0.15, -0.1) is 24.0 Å². The average Bonchev–Trinajstić information content (AvgIpc) is 3.23. The zero-order valence-electron chi connectivity index (χ0n) is 15.7. The van der Waals surface area contributed by atoms with E-state index >= 15 is 0 Å². The highest BCUT2D eigenvalue weighted by molar-refractivity contribution is 14.0. The fraction of sp³-hybridized carbons (Fsp3) is 0.611. The first-order valence-electron chi connectivity index (χ1n) is 9.12. The molecule has 0 bridgehead atoms. The molecule has 2 aliphatic heterocycles. The molecule has 0 spiro atoms. The maximum absolute atomic E-state index is 12.5. The van der Waals surface area contributed by atoms with Crippen molar-refractivity contribution in [1.82, 2.24) is 15.5 Å². The van der Waals surface area contributed by atoms with Gasteiger partial charge in [0.25, 0.3) is 0 Å². The van der Waals surface area contributed by atoms with Crippen LogP contribution in [0.2, 0.25) is 0 Å². The highest BCUT2D eigenvalue weighted by Gasteiger charge is 2.34. The van der Waals surface area contributed by atoms with Gasteiger partial charge in [-0.05, 0) is 37.1 Å². The summed E-state index contributed by atoms with van der Waals surface area (Å²) in [6.07, 6.45) is -2.47. The molecule has 0 radical (unpaired) electrons. The molecule has 2 saturated heterocycles. The van der Waals surface area contributed by atoms with Gasteiger partial charge >= 0.3 is 6.18 Å². The van der Waals surface area contributed by atoms with E-state index in [0.29, 0.717) is 25.5 Å². The fourth-order valence-corrected chi connectivity index (χ4v) is 3.93. The van der Waals surface area contributed by atoms with E-state index in [4.69, 9.17) is 0 Å². The lowest BCUT2D eigenvalue weighted by molar-refractivity contribution is -0.143. The highest BCUT2D eigenvalue weighted by Crippen LogP contribution is 2.23. The molecule has 2 N–H and O–H groups in total. The van der Waals surface area contributed by atoms with Gasteiger partial charge in [0, 0.05) is 55.5 Å². The van der Waals surface area contributed by atoms with E-state index in [-0.39, 0.29) is 36.1 Å². The topological polar surface area (TPSA) is 42.9 Å². The monoisotopic (exact) mass is 575 g/mol. The van der Waals surface area contributed by atoms with E-state index in [1.165, 1.54) is 10.6 Å². The zero-order valence-corrected chi connectivity index (χ0v) is 19.6. The van der Waals surface area contributed by atoms with E-state index in [2.05, 4.69) is 48.6 Å². The van der Waals surface area contributed by atoms with Crippen LogP contribution in [-0.4, -0.2) is 68.9 Å². The molecular formula is C18H26BrF3IN5. The SMILES string of the molecule is CN=C(NC1CCN(CC(F)(F)F)C1)NC1CCN(c2ccc(Br)cc2)C1.I. The molecule has 0 amide bonds. The summed E-state index contributed by atoms with van der Waals surface area (Å²) in [4.78, 5) is 8.01. The lowest BCUT2D eigenvalue weighted by atomic mass is 10.2. The van der Waals surface area contributed by atoms with Crippen LogP contribution in [0.4, 0.5) is 18.9 Å². The molecule has 3 rings (SSSR count). The maximum Gasteiger partial charge on any atom is 0.401 e. The van der Waals surface area contributed by atoms with Crippen LogP contribution in [0.3, 0.4) is 0 Å². The first kappa shape index (κ1) is 23.5. The number of likely N-dealkylation sites (tertiary alicyclic amines) is 1. The molecular weight excluding hydrogens is 550 g/mol. The Labute approximate surface area is 189 Å². The Bertz CT molecular complexity index is 656. The Kier molecular flexibility index (Phi) is 8.68. The molecule has 1 aromatic rings. The van der Waals surface area contributed by atoms with E-state index in [0.717, 1.165) is 24.0 Å². The first-order valence-corrected chi connectivity index (χ1v) is 9.91. The van der Waals surface area contributed by atoms with E-state index in [9.17, 15) is 13.2 Å². The van der Waals surface area contributed by atoms with Crippen LogP contribution in [0, 0.1) is 0 Å². The molecule has 0 saturated carbocycles. The largest absolute Gasteiger partial charge is 0.401 e. The van der Waals surface area contributed by atoms with Crippen molar-refractivity contribution in [1.29, 1.82) is 0 Å². The molecule has 28 heavy (non-hydrogen) atoms. The number of nitrogens with zero attached hydrogens (tertiary/aromatic N) is 3. The molecule has 2 aliphatic rings. The van der Waals surface area contributed by atoms with Crippen LogP contribution in [0.1, 0.15) is 12.8 Å². The first-order chi connectivity index (χ1) is 12.8. The number of guanidine groups is 1. The van der Waals surface area contributed by atoms with Crippen molar-refractivity contribution in [2.45, 2.75) is 31.1 Å². The van der Waals surface area contributed by atoms with Gasteiger partial charge in [0.05, 0.1) is 6.54 Å². The number of aliphatic imine (C=N–C) groups is 1. The normalized spacial score (nSPS) is 23.6. The number of benzene rings is 1. The molecule has 0 aromatic heterocycles. The molecule has 0 aliphatic carbocycles. The number of anilines is 1. The second-order valence-electron chi connectivity index (χ2n) is 7.10. The molecule has 10 heteroatoms. The van der Waals surface area contributed by atoms with Gasteiger partial charge in [-0.3, -0.25) is 9.89 Å². The number of hydrogen-bond acceptors (Lipinski definition) is 3. The Morgan fingerprint density at radius 3 is 2.32 bits per heavy atom. The minimum atomic E-state index is -4.14. The van der Waals surface area contributed by atoms with Crippen LogP contribution in [-0.2, 0) is 0 Å². The van der Waals surface area contributed by atoms with E-state index in [1.54, 1.807) is 7.05 Å². The van der Waals surface area contributed by atoms with Crippen LogP contribution in [0.5, 0.6) is 0 Å². The third-order valence-corrected chi connectivity index (χ3v) is 5.49. The lowest BCUT2D eigenvalue weighted by Crippen LogP contribution is -2.49. The minimum absolute atomic E-state index is 0. The highest BCUT2D eigenvalue weighted by atomic mass is 127. The van der Waals surface area contributed by atoms with Crippen molar-refractivity contribution in [2.24, 2.45) is 4.99 Å². The Balaban J connectivity index is 0.00000280. The van der Waals surface area contributed by atoms with Crippen molar-refractivity contribution in [3.63, 3.8) is 0 Å². The molecule has 2 unspecified atom stereocenters. The molecule has 1 aromatic carbocycles. The summed E-state index contributed by atoms with van der Waals surface area (Å²) in [6.45, 7) is 1.82. The molecule has 5 nitrogen and oxygen atoms in total. The standard InChI is InChI=1S/C18H25BrF3N5.HI/c1-23-17(24-14-6-8-26(10-14)12-18(20,21)22)25-15-7-9-27(11-15)16-4-2-13(19)3-5-16;/h2-5,14-15H,6-12H2,1H3,(H2,23,24,25);1H. The van der Waals surface area contributed by atoms with Gasteiger partial charge in [-0.1, -0.05) is 15.9 Å². The molecule has 2 heterocycles. The minimum Gasteiger partial charge on any atom is -0.369 e. The Morgan fingerprint density at radius 1 is 1.11 bits per heavy atom. The number of alkyl halides is 3. The number of hydrogen-bond donors (Lipinski definition) is 2. The fourth-order valence-electron chi connectivity index (χ4n) is 3.67. The number of halogens is 5. The second-order valence-corrected chi connectivity index (χ2v) is 8.02. The van der Waals surface area contributed by atoms with Crippen molar-refractivity contribution < 1.29 is 13.2 Å². The summed E-state index contributed by atoms with van der Waals surface area (Å²) >= 11 is 3.45. The van der Waals surface area contributed by atoms with Crippen molar-refractivity contribution >= 4 is 51.6 Å². The maximum atomic E-state index is 12.5. The molecule has 158 valence electrons.